The summed E-state index contributed by atoms with van der Waals surface area (Å²) < 4.78 is 28.0. The Hall–Kier alpha value is -2.94. The summed E-state index contributed by atoms with van der Waals surface area (Å²) in [4.78, 5) is 20.2. The summed E-state index contributed by atoms with van der Waals surface area (Å²) in [5, 5.41) is 4.73. The molecule has 0 bridgehead atoms. The van der Waals surface area contributed by atoms with Crippen molar-refractivity contribution in [3.8, 4) is 0 Å². The van der Waals surface area contributed by atoms with E-state index in [1.54, 1.807) is 22.7 Å². The topological polar surface area (TPSA) is 96.7 Å². The number of piperidine rings is 1. The Morgan fingerprint density at radius 2 is 1.91 bits per heavy atom. The number of benzene rings is 1. The molecule has 1 saturated carbocycles. The van der Waals surface area contributed by atoms with Gasteiger partial charge in [-0.2, -0.15) is 5.10 Å². The van der Waals surface area contributed by atoms with Gasteiger partial charge in [-0.15, -0.1) is 0 Å². The van der Waals surface area contributed by atoms with E-state index in [-0.39, 0.29) is 11.9 Å². The van der Waals surface area contributed by atoms with E-state index in [0.717, 1.165) is 48.1 Å². The Morgan fingerprint density at radius 3 is 2.66 bits per heavy atom. The summed E-state index contributed by atoms with van der Waals surface area (Å²) in [6, 6.07) is 9.03. The molecule has 168 valence electrons. The van der Waals surface area contributed by atoms with Crippen LogP contribution < -0.4 is 4.72 Å². The molecule has 0 spiro atoms. The number of anilines is 1. The fourth-order valence-corrected chi connectivity index (χ4v) is 5.02. The van der Waals surface area contributed by atoms with Crippen molar-refractivity contribution >= 4 is 27.3 Å². The van der Waals surface area contributed by atoms with Gasteiger partial charge >= 0.3 is 0 Å². The van der Waals surface area contributed by atoms with Crippen molar-refractivity contribution in [1.29, 1.82) is 0 Å². The van der Waals surface area contributed by atoms with Crippen LogP contribution in [-0.2, 0) is 10.0 Å². The number of hydrogen-bond acceptors (Lipinski definition) is 5. The van der Waals surface area contributed by atoms with Gasteiger partial charge in [-0.1, -0.05) is 11.6 Å². The maximum absolute atomic E-state index is 13.7. The van der Waals surface area contributed by atoms with E-state index in [4.69, 9.17) is 10.1 Å². The van der Waals surface area contributed by atoms with Gasteiger partial charge in [0.2, 0.25) is 10.0 Å². The van der Waals surface area contributed by atoms with Crippen LogP contribution in [0.15, 0.2) is 36.5 Å². The van der Waals surface area contributed by atoms with Crippen LogP contribution in [0.3, 0.4) is 0 Å². The number of carbonyl (C=O) groups excluding carboxylic acids is 1. The lowest BCUT2D eigenvalue weighted by atomic mass is 9.97. The third-order valence-electron chi connectivity index (χ3n) is 6.17. The van der Waals surface area contributed by atoms with E-state index >= 15 is 0 Å². The number of hydrogen-bond donors (Lipinski definition) is 1. The zero-order valence-corrected chi connectivity index (χ0v) is 19.1. The first kappa shape index (κ1) is 20.9. The van der Waals surface area contributed by atoms with Gasteiger partial charge in [0.1, 0.15) is 0 Å². The monoisotopic (exact) mass is 453 g/mol. The Labute approximate surface area is 187 Å². The fraction of sp³-hybridized carbons (Fsp3) is 0.435. The zero-order valence-electron chi connectivity index (χ0n) is 18.3. The lowest BCUT2D eigenvalue weighted by Crippen LogP contribution is -2.39. The molecule has 2 fully saturated rings. The van der Waals surface area contributed by atoms with Gasteiger partial charge in [0, 0.05) is 30.4 Å². The minimum Gasteiger partial charge on any atom is -0.330 e. The molecule has 0 radical (unpaired) electrons. The normalized spacial score (nSPS) is 19.3. The number of nitrogens with one attached hydrogen (secondary N) is 1. The van der Waals surface area contributed by atoms with Gasteiger partial charge in [-0.25, -0.2) is 17.9 Å². The van der Waals surface area contributed by atoms with E-state index in [9.17, 15) is 13.2 Å². The van der Waals surface area contributed by atoms with Crippen molar-refractivity contribution in [2.24, 2.45) is 0 Å². The molecule has 1 atom stereocenters. The number of sulfonamides is 1. The molecule has 9 heteroatoms. The predicted molar refractivity (Wildman–Crippen MR) is 122 cm³/mol. The van der Waals surface area contributed by atoms with Gasteiger partial charge < -0.3 is 4.90 Å². The molecule has 2 aliphatic rings. The molecular formula is C23H27N5O3S. The highest BCUT2D eigenvalue weighted by molar-refractivity contribution is 7.92. The Kier molecular flexibility index (Phi) is 5.16. The molecule has 3 aromatic rings. The molecular weight excluding hydrogens is 426 g/mol. The van der Waals surface area contributed by atoms with Crippen molar-refractivity contribution in [1.82, 2.24) is 19.5 Å². The molecule has 1 unspecified atom stereocenters. The van der Waals surface area contributed by atoms with Gasteiger partial charge in [0.25, 0.3) is 5.91 Å². The first-order valence-corrected chi connectivity index (χ1v) is 12.9. The highest BCUT2D eigenvalue weighted by atomic mass is 32.2. The Balaban J connectivity index is 1.49. The quantitative estimate of drug-likeness (QED) is 0.636. The second-order valence-corrected chi connectivity index (χ2v) is 10.7. The molecule has 1 aliphatic heterocycles. The maximum atomic E-state index is 13.7. The zero-order chi connectivity index (χ0) is 22.5. The average molecular weight is 454 g/mol. The lowest BCUT2D eigenvalue weighted by Gasteiger charge is -2.35. The first-order valence-electron chi connectivity index (χ1n) is 11.0. The van der Waals surface area contributed by atoms with E-state index < -0.39 is 10.0 Å². The van der Waals surface area contributed by atoms with Gasteiger partial charge in [0.15, 0.2) is 5.65 Å². The minimum absolute atomic E-state index is 0.172. The number of aromatic nitrogens is 3. The summed E-state index contributed by atoms with van der Waals surface area (Å²) in [6.45, 7) is 2.49. The standard InChI is InChI=1S/C23H27N5O3S/c1-15-6-9-19(26-32(2,30)31)17(13-15)23(29)27-11-4-3-5-21(27)20-14-22-24-18(16-7-8-16)10-12-28(22)25-20/h6,9-10,12-14,16,21,26H,3-5,7-8,11H2,1-2H3. The van der Waals surface area contributed by atoms with Gasteiger partial charge in [0.05, 0.1) is 29.2 Å². The number of amides is 1. The van der Waals surface area contributed by atoms with Gasteiger partial charge in [-0.05, 0) is 57.2 Å². The summed E-state index contributed by atoms with van der Waals surface area (Å²) >= 11 is 0. The SMILES string of the molecule is Cc1ccc(NS(C)(=O)=O)c(C(=O)N2CCCCC2c2cc3nc(C4CC4)ccn3n2)c1. The summed E-state index contributed by atoms with van der Waals surface area (Å²) in [5.41, 5.74) is 4.29. The predicted octanol–water partition coefficient (Wildman–Crippen LogP) is 3.65. The second kappa shape index (κ2) is 7.88. The van der Waals surface area contributed by atoms with Gasteiger partial charge in [-0.3, -0.25) is 9.52 Å². The number of aryl methyl sites for hydroxylation is 1. The maximum Gasteiger partial charge on any atom is 0.256 e. The highest BCUT2D eigenvalue weighted by Gasteiger charge is 2.32. The number of nitrogens with zero attached hydrogens (tertiary/aromatic N) is 4. The van der Waals surface area contributed by atoms with Crippen molar-refractivity contribution in [3.05, 3.63) is 59.0 Å². The summed E-state index contributed by atoms with van der Waals surface area (Å²) in [6.07, 6.45) is 8.13. The highest BCUT2D eigenvalue weighted by Crippen LogP contribution is 2.39. The Morgan fingerprint density at radius 1 is 1.09 bits per heavy atom. The summed E-state index contributed by atoms with van der Waals surface area (Å²) in [5.74, 6) is 0.376. The van der Waals surface area contributed by atoms with Crippen LogP contribution in [0.2, 0.25) is 0 Å². The molecule has 8 nitrogen and oxygen atoms in total. The van der Waals surface area contributed by atoms with E-state index in [0.29, 0.717) is 23.7 Å². The van der Waals surface area contributed by atoms with Crippen LogP contribution in [-0.4, -0.2) is 46.6 Å². The van der Waals surface area contributed by atoms with E-state index in [1.165, 1.54) is 12.8 Å². The van der Waals surface area contributed by atoms with E-state index in [2.05, 4.69) is 4.72 Å². The smallest absolute Gasteiger partial charge is 0.256 e. The van der Waals surface area contributed by atoms with Crippen LogP contribution in [0.4, 0.5) is 5.69 Å². The van der Waals surface area contributed by atoms with Crippen LogP contribution in [0.5, 0.6) is 0 Å². The number of fused-ring (bicyclic) bond motifs is 1. The number of carbonyl (C=O) groups is 1. The van der Waals surface area contributed by atoms with Crippen LogP contribution in [0.25, 0.3) is 5.65 Å². The summed E-state index contributed by atoms with van der Waals surface area (Å²) in [7, 11) is -3.51. The first-order chi connectivity index (χ1) is 15.3. The second-order valence-electron chi connectivity index (χ2n) is 8.93. The molecule has 3 heterocycles. The molecule has 2 aromatic heterocycles. The molecule has 32 heavy (non-hydrogen) atoms. The number of rotatable bonds is 5. The number of likely N-dealkylation sites (tertiary alicyclic amines) is 1. The molecule has 1 N–H and O–H groups in total. The van der Waals surface area contributed by atoms with Crippen LogP contribution in [0.1, 0.15) is 71.4 Å². The van der Waals surface area contributed by atoms with Crippen LogP contribution in [0, 0.1) is 6.92 Å². The molecule has 1 aliphatic carbocycles. The Bertz CT molecular complexity index is 1300. The third kappa shape index (κ3) is 4.21. The minimum atomic E-state index is -3.51. The fourth-order valence-electron chi connectivity index (χ4n) is 4.44. The van der Waals surface area contributed by atoms with Crippen molar-refractivity contribution < 1.29 is 13.2 Å². The van der Waals surface area contributed by atoms with Crippen molar-refractivity contribution in [3.63, 3.8) is 0 Å². The van der Waals surface area contributed by atoms with Crippen molar-refractivity contribution in [2.45, 2.75) is 51.0 Å². The average Bonchev–Trinajstić information content (AvgIpc) is 3.52. The van der Waals surface area contributed by atoms with E-state index in [1.807, 2.05) is 30.2 Å². The third-order valence-corrected chi connectivity index (χ3v) is 6.76. The van der Waals surface area contributed by atoms with Crippen LogP contribution >= 0.6 is 0 Å². The molecule has 5 rings (SSSR count). The molecule has 1 saturated heterocycles. The largest absolute Gasteiger partial charge is 0.330 e. The molecule has 1 aromatic carbocycles. The van der Waals surface area contributed by atoms with Crippen molar-refractivity contribution in [2.75, 3.05) is 17.5 Å². The molecule has 1 amide bonds. The lowest BCUT2D eigenvalue weighted by molar-refractivity contribution is 0.0606.